The van der Waals surface area contributed by atoms with E-state index in [4.69, 9.17) is 0 Å². The fourth-order valence-corrected chi connectivity index (χ4v) is 15.0. The average Bonchev–Trinajstić information content (AvgIpc) is 1.74. The summed E-state index contributed by atoms with van der Waals surface area (Å²) in [6, 6.07) is 78.6. The van der Waals surface area contributed by atoms with Crippen LogP contribution in [0.15, 0.2) is 219 Å². The van der Waals surface area contributed by atoms with Crippen LogP contribution >= 0.6 is 0 Å². The normalized spacial score (nSPS) is 12.2. The molecule has 0 fully saturated rings. The van der Waals surface area contributed by atoms with Crippen LogP contribution in [0.3, 0.4) is 0 Å². The monoisotopic (exact) mass is 1070 g/mol. The lowest BCUT2D eigenvalue weighted by atomic mass is 9.87. The van der Waals surface area contributed by atoms with Crippen molar-refractivity contribution < 1.29 is 0 Å². The quantitative estimate of drug-likeness (QED) is 0.0744. The van der Waals surface area contributed by atoms with E-state index in [9.17, 15) is 0 Å². The Balaban J connectivity index is 0.944. The molecule has 0 unspecified atom stereocenters. The number of fused-ring (bicyclic) bond motifs is 10. The van der Waals surface area contributed by atoms with Crippen LogP contribution in [0.5, 0.6) is 0 Å². The summed E-state index contributed by atoms with van der Waals surface area (Å²) >= 11 is 0. The first-order valence-electron chi connectivity index (χ1n) is 31.0. The summed E-state index contributed by atoms with van der Waals surface area (Å²) in [7, 11) is 0. The van der Waals surface area contributed by atoms with E-state index in [2.05, 4.69) is 237 Å². The van der Waals surface area contributed by atoms with E-state index < -0.39 is 0 Å². The molecule has 2 heteroatoms. The first-order valence-corrected chi connectivity index (χ1v) is 31.0. The van der Waals surface area contributed by atoms with Crippen molar-refractivity contribution in [3.05, 3.63) is 219 Å². The van der Waals surface area contributed by atoms with Crippen LogP contribution in [-0.2, 0) is 0 Å². The summed E-state index contributed by atoms with van der Waals surface area (Å²) in [5.41, 5.74) is 18.8. The third kappa shape index (κ3) is 8.35. The SMILES string of the molecule is C=C(CCCCCCC)Nc1ccc(NCCCCCCCC)c2c1-c1cccc3c(-c4ccc5c6c(-c7ccccc7)c7c8ccc(-c9cccc%10ccccc9%10)c9cccc(c7c(-c7ccccc7)c6c6cccc4c65)c98)ccc-2c13. The van der Waals surface area contributed by atoms with Gasteiger partial charge >= 0.3 is 0 Å². The van der Waals surface area contributed by atoms with Crippen LogP contribution in [-0.4, -0.2) is 6.54 Å². The van der Waals surface area contributed by atoms with E-state index in [-0.39, 0.29) is 0 Å². The van der Waals surface area contributed by atoms with Crippen LogP contribution in [0, 0.1) is 0 Å². The Hall–Kier alpha value is -8.98. The van der Waals surface area contributed by atoms with E-state index in [0.29, 0.717) is 0 Å². The molecule has 0 aliphatic heterocycles. The molecule has 0 amide bonds. The second kappa shape index (κ2) is 21.4. The maximum Gasteiger partial charge on any atom is 0.0469 e. The summed E-state index contributed by atoms with van der Waals surface area (Å²) < 4.78 is 0. The van der Waals surface area contributed by atoms with Crippen LogP contribution in [0.25, 0.3) is 153 Å². The molecule has 0 saturated heterocycles. The lowest BCUT2D eigenvalue weighted by Crippen LogP contribution is -2.05. The molecule has 0 radical (unpaired) electrons. The predicted octanol–water partition coefficient (Wildman–Crippen LogP) is 24.2. The maximum absolute atomic E-state index is 4.60. The topological polar surface area (TPSA) is 24.1 Å². The number of anilines is 2. The number of unbranched alkanes of at least 4 members (excludes halogenated alkanes) is 9. The van der Waals surface area contributed by atoms with Gasteiger partial charge in [0.15, 0.2) is 0 Å². The summed E-state index contributed by atoms with van der Waals surface area (Å²) in [5.74, 6) is 0. The van der Waals surface area contributed by atoms with Gasteiger partial charge in [-0.15, -0.1) is 0 Å². The maximum atomic E-state index is 4.60. The fourth-order valence-electron chi connectivity index (χ4n) is 15.0. The zero-order valence-electron chi connectivity index (χ0n) is 48.0. The number of nitrogens with one attached hydrogen (secondary N) is 2. The minimum absolute atomic E-state index is 0.965. The van der Waals surface area contributed by atoms with E-state index in [1.807, 2.05) is 0 Å². The second-order valence-electron chi connectivity index (χ2n) is 23.7. The first-order chi connectivity index (χ1) is 41.1. The summed E-state index contributed by atoms with van der Waals surface area (Å²) in [5, 5.41) is 28.8. The zero-order valence-corrected chi connectivity index (χ0v) is 48.0. The molecule has 0 atom stereocenters. The molecule has 404 valence electrons. The third-order valence-electron chi connectivity index (χ3n) is 18.7. The summed E-state index contributed by atoms with van der Waals surface area (Å²) in [4.78, 5) is 0. The minimum atomic E-state index is 0.965. The molecule has 0 aromatic heterocycles. The molecule has 0 saturated carbocycles. The van der Waals surface area contributed by atoms with Crippen LogP contribution < -0.4 is 10.6 Å². The van der Waals surface area contributed by atoms with E-state index in [0.717, 1.165) is 30.8 Å². The van der Waals surface area contributed by atoms with Gasteiger partial charge in [0.1, 0.15) is 0 Å². The molecule has 83 heavy (non-hydrogen) atoms. The fraction of sp³-hybridized carbons (Fsp3) is 0.185. The van der Waals surface area contributed by atoms with Crippen molar-refractivity contribution in [2.75, 3.05) is 17.2 Å². The highest BCUT2D eigenvalue weighted by Gasteiger charge is 2.31. The van der Waals surface area contributed by atoms with Crippen molar-refractivity contribution in [3.8, 4) is 66.8 Å². The lowest BCUT2D eigenvalue weighted by Gasteiger charge is -2.18. The Kier molecular flexibility index (Phi) is 13.1. The average molecular weight is 1070 g/mol. The van der Waals surface area contributed by atoms with Gasteiger partial charge in [0.25, 0.3) is 0 Å². The molecular weight excluding hydrogens is 1000 g/mol. The minimum Gasteiger partial charge on any atom is -0.385 e. The Morgan fingerprint density at radius 3 is 1.34 bits per heavy atom. The van der Waals surface area contributed by atoms with Gasteiger partial charge in [-0.05, 0) is 173 Å². The number of allylic oxidation sites excluding steroid dienone is 1. The molecule has 0 heterocycles. The smallest absolute Gasteiger partial charge is 0.0469 e. The van der Waals surface area contributed by atoms with Gasteiger partial charge in [-0.2, -0.15) is 0 Å². The molecule has 14 aromatic rings. The second-order valence-corrected chi connectivity index (χ2v) is 23.7. The molecule has 14 aromatic carbocycles. The Labute approximate surface area is 488 Å². The van der Waals surface area contributed by atoms with Gasteiger partial charge in [0, 0.05) is 34.7 Å². The van der Waals surface area contributed by atoms with Crippen molar-refractivity contribution in [2.45, 2.75) is 90.9 Å². The predicted molar refractivity (Wildman–Crippen MR) is 363 cm³/mol. The number of benzene rings is 12. The van der Waals surface area contributed by atoms with Crippen molar-refractivity contribution in [1.29, 1.82) is 0 Å². The zero-order chi connectivity index (χ0) is 55.5. The van der Waals surface area contributed by atoms with Gasteiger partial charge in [-0.3, -0.25) is 0 Å². The third-order valence-corrected chi connectivity index (χ3v) is 18.7. The molecule has 0 bridgehead atoms. The van der Waals surface area contributed by atoms with E-state index in [1.54, 1.807) is 0 Å². The van der Waals surface area contributed by atoms with Gasteiger partial charge in [-0.25, -0.2) is 0 Å². The summed E-state index contributed by atoms with van der Waals surface area (Å²) in [6.45, 7) is 10.1. The van der Waals surface area contributed by atoms with E-state index in [1.165, 1.54) is 223 Å². The molecule has 2 nitrogen and oxygen atoms in total. The molecule has 0 spiro atoms. The van der Waals surface area contributed by atoms with Crippen molar-refractivity contribution in [2.24, 2.45) is 0 Å². The van der Waals surface area contributed by atoms with Crippen molar-refractivity contribution >= 4 is 97.6 Å². The number of rotatable bonds is 20. The number of hydrogen-bond acceptors (Lipinski definition) is 2. The van der Waals surface area contributed by atoms with Gasteiger partial charge < -0.3 is 10.6 Å². The Bertz CT molecular complexity index is 4690. The van der Waals surface area contributed by atoms with Crippen LogP contribution in [0.2, 0.25) is 0 Å². The van der Waals surface area contributed by atoms with Crippen molar-refractivity contribution in [3.63, 3.8) is 0 Å². The highest BCUT2D eigenvalue weighted by molar-refractivity contribution is 6.47. The summed E-state index contributed by atoms with van der Waals surface area (Å²) in [6.07, 6.45) is 14.9. The van der Waals surface area contributed by atoms with Crippen LogP contribution in [0.4, 0.5) is 11.4 Å². The largest absolute Gasteiger partial charge is 0.385 e. The number of hydrogen-bond donors (Lipinski definition) is 2. The molecule has 1 aliphatic rings. The van der Waals surface area contributed by atoms with E-state index >= 15 is 0 Å². The molecular formula is C81H70N2. The Morgan fingerprint density at radius 2 is 0.711 bits per heavy atom. The van der Waals surface area contributed by atoms with Crippen molar-refractivity contribution in [1.82, 2.24) is 0 Å². The van der Waals surface area contributed by atoms with Gasteiger partial charge in [-0.1, -0.05) is 272 Å². The first kappa shape index (κ1) is 50.9. The highest BCUT2D eigenvalue weighted by Crippen LogP contribution is 2.59. The highest BCUT2D eigenvalue weighted by atomic mass is 14.9. The van der Waals surface area contributed by atoms with Gasteiger partial charge in [0.05, 0.1) is 0 Å². The standard InChI is InChI=1S/C81H70N2/c1-4-6-8-10-12-22-50-82-69-48-49-70(83-51(3)27-15-11-9-7-5-2)77-63-39-24-36-61-58(42-45-66(73(61)63)76(69)77)59-44-47-68-75-62(59)38-26-41-65(75)79-71(53-29-16-13-17-30-53)78-64-40-25-37-60-57(56-35-23-33-52-28-20-21-34-55(52)56)43-46-67(74(60)64)80(78)72(81(68)79)54-31-18-14-19-32-54/h13-14,16-21,23-26,28-49,82-83H,3-12,15,22,27,50H2,1-2H3. The van der Waals surface area contributed by atoms with Gasteiger partial charge in [0.2, 0.25) is 0 Å². The molecule has 2 N–H and O–H groups in total. The van der Waals surface area contributed by atoms with Crippen LogP contribution in [0.1, 0.15) is 90.9 Å². The Morgan fingerprint density at radius 1 is 0.301 bits per heavy atom. The molecule has 15 rings (SSSR count). The lowest BCUT2D eigenvalue weighted by molar-refractivity contribution is 0.617. The molecule has 1 aliphatic carbocycles.